The molecule has 1 aliphatic heterocycles. The number of nitrogens with one attached hydrogen (secondary N) is 1. The normalized spacial score (nSPS) is 13.7. The lowest BCUT2D eigenvalue weighted by Gasteiger charge is -2.16. The number of carbonyl (C=O) groups is 3. The van der Waals surface area contributed by atoms with E-state index in [4.69, 9.17) is 4.74 Å². The first-order valence-electron chi connectivity index (χ1n) is 8.28. The Labute approximate surface area is 155 Å². The number of thiazole rings is 1. The summed E-state index contributed by atoms with van der Waals surface area (Å²) in [5.74, 6) is -0.848. The zero-order valence-corrected chi connectivity index (χ0v) is 15.2. The van der Waals surface area contributed by atoms with Crippen molar-refractivity contribution >= 4 is 40.5 Å². The Hall–Kier alpha value is -2.74. The largest absolute Gasteiger partial charge is 0.455 e. The van der Waals surface area contributed by atoms with Gasteiger partial charge >= 0.3 is 5.97 Å². The van der Waals surface area contributed by atoms with E-state index in [-0.39, 0.29) is 18.9 Å². The number of hydrogen-bond acceptors (Lipinski definition) is 6. The van der Waals surface area contributed by atoms with E-state index in [9.17, 15) is 14.4 Å². The van der Waals surface area contributed by atoms with Crippen molar-refractivity contribution < 1.29 is 19.1 Å². The van der Waals surface area contributed by atoms with E-state index in [2.05, 4.69) is 10.3 Å². The highest BCUT2D eigenvalue weighted by Gasteiger charge is 2.21. The average Bonchev–Trinajstić information content (AvgIpc) is 3.21. The van der Waals surface area contributed by atoms with Crippen molar-refractivity contribution in [2.45, 2.75) is 26.2 Å². The van der Waals surface area contributed by atoms with Crippen LogP contribution in [0.3, 0.4) is 0 Å². The highest BCUT2D eigenvalue weighted by Crippen LogP contribution is 2.24. The third-order valence-corrected chi connectivity index (χ3v) is 4.69. The number of benzene rings is 1. The van der Waals surface area contributed by atoms with Crippen LogP contribution in [-0.4, -0.2) is 35.9 Å². The lowest BCUT2D eigenvalue weighted by atomic mass is 10.2. The molecule has 0 atom stereocenters. The van der Waals surface area contributed by atoms with Crippen LogP contribution in [0, 0.1) is 6.92 Å². The van der Waals surface area contributed by atoms with Gasteiger partial charge in [0.1, 0.15) is 0 Å². The molecule has 0 spiro atoms. The monoisotopic (exact) mass is 373 g/mol. The number of amides is 2. The number of aryl methyl sites for hydroxylation is 1. The minimum absolute atomic E-state index is 0.0458. The number of hydrogen-bond donors (Lipinski definition) is 1. The fraction of sp³-hybridized carbons (Fsp3) is 0.333. The third kappa shape index (κ3) is 4.66. The molecule has 0 bridgehead atoms. The number of esters is 1. The molecule has 1 fully saturated rings. The summed E-state index contributed by atoms with van der Waals surface area (Å²) < 4.78 is 4.99. The van der Waals surface area contributed by atoms with Gasteiger partial charge in [-0.1, -0.05) is 6.07 Å². The first-order chi connectivity index (χ1) is 12.5. The topological polar surface area (TPSA) is 88.6 Å². The smallest absolute Gasteiger partial charge is 0.312 e. The van der Waals surface area contributed by atoms with Crippen molar-refractivity contribution in [3.63, 3.8) is 0 Å². The van der Waals surface area contributed by atoms with Crippen LogP contribution < -0.4 is 10.2 Å². The Balaban J connectivity index is 1.50. The SMILES string of the molecule is Cc1nc(CC(=O)OCC(=O)Nc2cccc(N3CCCC3=O)c2)cs1. The molecule has 2 amide bonds. The van der Waals surface area contributed by atoms with E-state index >= 15 is 0 Å². The van der Waals surface area contributed by atoms with Crippen LogP contribution >= 0.6 is 11.3 Å². The molecular weight excluding hydrogens is 354 g/mol. The lowest BCUT2D eigenvalue weighted by molar-refractivity contribution is -0.146. The molecular formula is C18H19N3O4S. The average molecular weight is 373 g/mol. The molecule has 26 heavy (non-hydrogen) atoms. The number of rotatable bonds is 6. The molecule has 1 aliphatic rings. The Morgan fingerprint density at radius 1 is 1.38 bits per heavy atom. The van der Waals surface area contributed by atoms with Crippen LogP contribution in [0.15, 0.2) is 29.6 Å². The summed E-state index contributed by atoms with van der Waals surface area (Å²) in [5.41, 5.74) is 1.94. The van der Waals surface area contributed by atoms with Crippen LogP contribution in [-0.2, 0) is 25.5 Å². The van der Waals surface area contributed by atoms with Crippen LogP contribution in [0.2, 0.25) is 0 Å². The van der Waals surface area contributed by atoms with Gasteiger partial charge in [-0.25, -0.2) is 4.98 Å². The van der Waals surface area contributed by atoms with Gasteiger partial charge < -0.3 is 15.0 Å². The van der Waals surface area contributed by atoms with Crippen LogP contribution in [0.1, 0.15) is 23.5 Å². The summed E-state index contributed by atoms with van der Waals surface area (Å²) >= 11 is 1.46. The highest BCUT2D eigenvalue weighted by atomic mass is 32.1. The third-order valence-electron chi connectivity index (χ3n) is 3.87. The Bertz CT molecular complexity index is 833. The molecule has 1 saturated heterocycles. The van der Waals surface area contributed by atoms with Crippen LogP contribution in [0.5, 0.6) is 0 Å². The fourth-order valence-corrected chi connectivity index (χ4v) is 3.32. The molecule has 2 heterocycles. The van der Waals surface area contributed by atoms with Crippen molar-refractivity contribution in [3.8, 4) is 0 Å². The Morgan fingerprint density at radius 3 is 2.92 bits per heavy atom. The van der Waals surface area contributed by atoms with Crippen molar-refractivity contribution in [3.05, 3.63) is 40.3 Å². The van der Waals surface area contributed by atoms with Gasteiger partial charge in [0.25, 0.3) is 5.91 Å². The maximum Gasteiger partial charge on any atom is 0.312 e. The molecule has 7 nitrogen and oxygen atoms in total. The summed E-state index contributed by atoms with van der Waals surface area (Å²) in [5, 5.41) is 5.35. The predicted molar refractivity (Wildman–Crippen MR) is 98.2 cm³/mol. The molecule has 3 rings (SSSR count). The quantitative estimate of drug-likeness (QED) is 0.785. The molecule has 1 N–H and O–H groups in total. The number of carbonyl (C=O) groups excluding carboxylic acids is 3. The minimum Gasteiger partial charge on any atom is -0.455 e. The lowest BCUT2D eigenvalue weighted by Crippen LogP contribution is -2.24. The Kier molecular flexibility index (Phi) is 5.62. The second kappa shape index (κ2) is 8.09. The molecule has 1 aromatic carbocycles. The molecule has 0 radical (unpaired) electrons. The first kappa shape index (κ1) is 18.1. The molecule has 1 aromatic heterocycles. The van der Waals surface area contributed by atoms with E-state index < -0.39 is 11.9 Å². The van der Waals surface area contributed by atoms with E-state index in [1.54, 1.807) is 28.5 Å². The van der Waals surface area contributed by atoms with Crippen LogP contribution in [0.25, 0.3) is 0 Å². The molecule has 0 aliphatic carbocycles. The standard InChI is InChI=1S/C18H19N3O4S/c1-12-19-14(11-26-12)9-18(24)25-10-16(22)20-13-4-2-5-15(8-13)21-7-3-6-17(21)23/h2,4-5,8,11H,3,6-7,9-10H2,1H3,(H,20,22). The van der Waals surface area contributed by atoms with Gasteiger partial charge in [0, 0.05) is 29.7 Å². The highest BCUT2D eigenvalue weighted by molar-refractivity contribution is 7.09. The zero-order chi connectivity index (χ0) is 18.5. The fourth-order valence-electron chi connectivity index (χ4n) is 2.70. The van der Waals surface area contributed by atoms with Crippen LogP contribution in [0.4, 0.5) is 11.4 Å². The van der Waals surface area contributed by atoms with E-state index in [0.29, 0.717) is 24.3 Å². The second-order valence-corrected chi connectivity index (χ2v) is 7.00. The minimum atomic E-state index is -0.498. The van der Waals surface area contributed by atoms with E-state index in [0.717, 1.165) is 17.1 Å². The summed E-state index contributed by atoms with van der Waals surface area (Å²) in [6, 6.07) is 7.06. The van der Waals surface area contributed by atoms with Crippen molar-refractivity contribution in [1.29, 1.82) is 0 Å². The van der Waals surface area contributed by atoms with Gasteiger partial charge in [0.15, 0.2) is 6.61 Å². The summed E-state index contributed by atoms with van der Waals surface area (Å²) in [7, 11) is 0. The first-order valence-corrected chi connectivity index (χ1v) is 9.16. The van der Waals surface area contributed by atoms with Crippen molar-refractivity contribution in [1.82, 2.24) is 4.98 Å². The predicted octanol–water partition coefficient (Wildman–Crippen LogP) is 2.30. The number of aromatic nitrogens is 1. The maximum atomic E-state index is 12.0. The van der Waals surface area contributed by atoms with E-state index in [1.807, 2.05) is 13.0 Å². The molecule has 0 saturated carbocycles. The van der Waals surface area contributed by atoms with E-state index in [1.165, 1.54) is 11.3 Å². The number of ether oxygens (including phenoxy) is 1. The zero-order valence-electron chi connectivity index (χ0n) is 14.4. The maximum absolute atomic E-state index is 12.0. The van der Waals surface area contributed by atoms with Gasteiger partial charge in [-0.05, 0) is 31.5 Å². The van der Waals surface area contributed by atoms with Crippen molar-refractivity contribution in [2.75, 3.05) is 23.4 Å². The van der Waals surface area contributed by atoms with Gasteiger partial charge in [-0.15, -0.1) is 11.3 Å². The number of nitrogens with zero attached hydrogens (tertiary/aromatic N) is 2. The van der Waals surface area contributed by atoms with Gasteiger partial charge in [-0.2, -0.15) is 0 Å². The summed E-state index contributed by atoms with van der Waals surface area (Å²) in [4.78, 5) is 41.4. The molecule has 8 heteroatoms. The molecule has 136 valence electrons. The molecule has 0 unspecified atom stereocenters. The summed E-state index contributed by atoms with van der Waals surface area (Å²) in [6.45, 7) is 2.18. The summed E-state index contributed by atoms with van der Waals surface area (Å²) in [6.07, 6.45) is 1.43. The molecule has 2 aromatic rings. The Morgan fingerprint density at radius 2 is 2.23 bits per heavy atom. The van der Waals surface area contributed by atoms with Crippen molar-refractivity contribution in [2.24, 2.45) is 0 Å². The second-order valence-electron chi connectivity index (χ2n) is 5.94. The number of anilines is 2. The van der Waals surface area contributed by atoms with Gasteiger partial charge in [0.2, 0.25) is 5.91 Å². The van der Waals surface area contributed by atoms with Gasteiger partial charge in [0.05, 0.1) is 17.1 Å². The van der Waals surface area contributed by atoms with Gasteiger partial charge in [-0.3, -0.25) is 14.4 Å².